The third kappa shape index (κ3) is 2.87. The maximum atomic E-state index is 11.8. The molecule has 2 nitrogen and oxygen atoms in total. The fourth-order valence-electron chi connectivity index (χ4n) is 0.227. The predicted molar refractivity (Wildman–Crippen MR) is 23.8 cm³/mol. The van der Waals surface area contributed by atoms with Crippen LogP contribution in [0.25, 0.3) is 0 Å². The molecule has 0 N–H and O–H groups in total. The molecule has 0 rings (SSSR count). The first-order chi connectivity index (χ1) is 3.62. The normalized spacial score (nSPS) is 12.0. The van der Waals surface area contributed by atoms with E-state index in [0.29, 0.717) is 0 Å². The molecule has 0 unspecified atom stereocenters. The van der Waals surface area contributed by atoms with Gasteiger partial charge in [0.05, 0.1) is 0 Å². The first-order valence-electron chi connectivity index (χ1n) is 2.04. The lowest BCUT2D eigenvalue weighted by atomic mass is 10.7. The Morgan fingerprint density at radius 2 is 1.88 bits per heavy atom. The number of rotatable bonds is 3. The van der Waals surface area contributed by atoms with Crippen LogP contribution in [-0.4, -0.2) is 26.9 Å². The van der Waals surface area contributed by atoms with Crippen molar-refractivity contribution < 1.29 is 18.3 Å². The minimum Gasteiger partial charge on any atom is -0.376 e. The average Bonchev–Trinajstić information content (AvgIpc) is 1.67. The van der Waals surface area contributed by atoms with E-state index in [2.05, 4.69) is 9.47 Å². The topological polar surface area (TPSA) is 18.5 Å². The van der Waals surface area contributed by atoms with Crippen LogP contribution in [0.5, 0.6) is 0 Å². The molecule has 0 fully saturated rings. The van der Waals surface area contributed by atoms with Gasteiger partial charge in [0.15, 0.2) is 0 Å². The van der Waals surface area contributed by atoms with Crippen molar-refractivity contribution in [2.45, 2.75) is 6.11 Å². The highest BCUT2D eigenvalue weighted by Gasteiger charge is 2.27. The molecular formula is C4H8F2O2. The van der Waals surface area contributed by atoms with Gasteiger partial charge in [-0.1, -0.05) is 0 Å². The molecule has 0 radical (unpaired) electrons. The van der Waals surface area contributed by atoms with Crippen LogP contribution < -0.4 is 0 Å². The molecule has 0 aromatic rings. The predicted octanol–water partition coefficient (Wildman–Crippen LogP) is 0.872. The van der Waals surface area contributed by atoms with Gasteiger partial charge in [0.25, 0.3) is 0 Å². The van der Waals surface area contributed by atoms with Crippen LogP contribution in [0.4, 0.5) is 8.78 Å². The van der Waals surface area contributed by atoms with E-state index in [1.807, 2.05) is 0 Å². The SMILES string of the molecule is COCC(F)(F)OC. The molecule has 0 bridgehead atoms. The smallest absolute Gasteiger partial charge is 0.376 e. The zero-order chi connectivity index (χ0) is 6.62. The molecule has 50 valence electrons. The highest BCUT2D eigenvalue weighted by molar-refractivity contribution is 4.45. The molecule has 0 aliphatic heterocycles. The molecule has 0 aromatic heterocycles. The molecular weight excluding hydrogens is 118 g/mol. The van der Waals surface area contributed by atoms with Gasteiger partial charge in [-0.2, -0.15) is 8.78 Å². The van der Waals surface area contributed by atoms with E-state index in [4.69, 9.17) is 0 Å². The van der Waals surface area contributed by atoms with E-state index in [9.17, 15) is 8.78 Å². The summed E-state index contributed by atoms with van der Waals surface area (Å²) >= 11 is 0. The van der Waals surface area contributed by atoms with E-state index in [-0.39, 0.29) is 0 Å². The maximum Gasteiger partial charge on any atom is 0.378 e. The third-order valence-electron chi connectivity index (χ3n) is 0.611. The van der Waals surface area contributed by atoms with Gasteiger partial charge in [-0.05, 0) is 0 Å². The molecule has 0 saturated heterocycles. The molecule has 4 heteroatoms. The summed E-state index contributed by atoms with van der Waals surface area (Å²) in [6, 6.07) is 0. The number of ether oxygens (including phenoxy) is 2. The van der Waals surface area contributed by atoms with Gasteiger partial charge in [0.1, 0.15) is 6.61 Å². The van der Waals surface area contributed by atoms with Gasteiger partial charge in [0.2, 0.25) is 0 Å². The fourth-order valence-corrected chi connectivity index (χ4v) is 0.227. The standard InChI is InChI=1S/C4H8F2O2/c1-7-3-4(5,6)8-2/h3H2,1-2H3. The quantitative estimate of drug-likeness (QED) is 0.558. The lowest BCUT2D eigenvalue weighted by Gasteiger charge is -2.10. The van der Waals surface area contributed by atoms with Gasteiger partial charge in [0, 0.05) is 14.2 Å². The second-order valence-electron chi connectivity index (χ2n) is 1.27. The van der Waals surface area contributed by atoms with Crippen molar-refractivity contribution in [2.24, 2.45) is 0 Å². The van der Waals surface area contributed by atoms with Crippen molar-refractivity contribution in [3.05, 3.63) is 0 Å². The van der Waals surface area contributed by atoms with Crippen molar-refractivity contribution in [1.29, 1.82) is 0 Å². The Kier molecular flexibility index (Phi) is 2.86. The highest BCUT2D eigenvalue weighted by atomic mass is 19.3. The van der Waals surface area contributed by atoms with Crippen LogP contribution in [0.2, 0.25) is 0 Å². The van der Waals surface area contributed by atoms with Gasteiger partial charge in [-0.15, -0.1) is 0 Å². The minimum absolute atomic E-state index is 0.691. The van der Waals surface area contributed by atoms with E-state index in [0.717, 1.165) is 7.11 Å². The molecule has 0 heterocycles. The van der Waals surface area contributed by atoms with E-state index in [1.165, 1.54) is 7.11 Å². The maximum absolute atomic E-state index is 11.8. The summed E-state index contributed by atoms with van der Waals surface area (Å²) in [6.07, 6.45) is -3.13. The molecule has 0 atom stereocenters. The summed E-state index contributed by atoms with van der Waals surface area (Å²) in [6.45, 7) is -0.691. The second-order valence-corrected chi connectivity index (χ2v) is 1.27. The second kappa shape index (κ2) is 2.94. The molecule has 0 aromatic carbocycles. The Morgan fingerprint density at radius 3 is 2.00 bits per heavy atom. The first-order valence-corrected chi connectivity index (χ1v) is 2.04. The van der Waals surface area contributed by atoms with Gasteiger partial charge < -0.3 is 9.47 Å². The first kappa shape index (κ1) is 7.78. The lowest BCUT2D eigenvalue weighted by Crippen LogP contribution is -2.24. The van der Waals surface area contributed by atoms with Crippen molar-refractivity contribution in [2.75, 3.05) is 20.8 Å². The van der Waals surface area contributed by atoms with Crippen molar-refractivity contribution in [3.63, 3.8) is 0 Å². The van der Waals surface area contributed by atoms with Gasteiger partial charge >= 0.3 is 6.11 Å². The monoisotopic (exact) mass is 126 g/mol. The third-order valence-corrected chi connectivity index (χ3v) is 0.611. The summed E-state index contributed by atoms with van der Waals surface area (Å²) in [5.74, 6) is 0. The van der Waals surface area contributed by atoms with Crippen molar-refractivity contribution in [3.8, 4) is 0 Å². The van der Waals surface area contributed by atoms with Crippen molar-refractivity contribution in [1.82, 2.24) is 0 Å². The molecule has 0 aliphatic carbocycles. The van der Waals surface area contributed by atoms with Crippen LogP contribution in [0, 0.1) is 0 Å². The lowest BCUT2D eigenvalue weighted by molar-refractivity contribution is -0.246. The number of hydrogen-bond donors (Lipinski definition) is 0. The van der Waals surface area contributed by atoms with Crippen molar-refractivity contribution >= 4 is 0 Å². The van der Waals surface area contributed by atoms with Gasteiger partial charge in [-0.25, -0.2) is 0 Å². The Balaban J connectivity index is 3.37. The Hall–Kier alpha value is -0.220. The molecule has 0 saturated carbocycles. The number of alkyl halides is 2. The van der Waals surface area contributed by atoms with Crippen LogP contribution in [0.15, 0.2) is 0 Å². The highest BCUT2D eigenvalue weighted by Crippen LogP contribution is 2.12. The Morgan fingerprint density at radius 1 is 1.38 bits per heavy atom. The molecule has 0 aliphatic rings. The van der Waals surface area contributed by atoms with Crippen LogP contribution in [0.1, 0.15) is 0 Å². The van der Waals surface area contributed by atoms with Gasteiger partial charge in [-0.3, -0.25) is 0 Å². The largest absolute Gasteiger partial charge is 0.378 e. The Bertz CT molecular complexity index is 65.1. The minimum atomic E-state index is -3.13. The average molecular weight is 126 g/mol. The summed E-state index contributed by atoms with van der Waals surface area (Å²) < 4.78 is 31.5. The Labute approximate surface area is 46.4 Å². The van der Waals surface area contributed by atoms with E-state index < -0.39 is 12.7 Å². The summed E-state index contributed by atoms with van der Waals surface area (Å²) in [5.41, 5.74) is 0. The zero-order valence-electron chi connectivity index (χ0n) is 4.78. The zero-order valence-corrected chi connectivity index (χ0v) is 4.78. The van der Waals surface area contributed by atoms with Crippen LogP contribution >= 0.6 is 0 Å². The summed E-state index contributed by atoms with van der Waals surface area (Å²) in [7, 11) is 2.12. The number of methoxy groups -OCH3 is 2. The summed E-state index contributed by atoms with van der Waals surface area (Å²) in [4.78, 5) is 0. The molecule has 0 amide bonds. The fraction of sp³-hybridized carbons (Fsp3) is 1.00. The number of halogens is 2. The van der Waals surface area contributed by atoms with E-state index in [1.54, 1.807) is 0 Å². The van der Waals surface area contributed by atoms with Crippen LogP contribution in [-0.2, 0) is 9.47 Å². The van der Waals surface area contributed by atoms with Crippen LogP contribution in [0.3, 0.4) is 0 Å². The molecule has 0 spiro atoms. The summed E-state index contributed by atoms with van der Waals surface area (Å²) in [5, 5.41) is 0. The van der Waals surface area contributed by atoms with E-state index >= 15 is 0 Å². The molecule has 8 heavy (non-hydrogen) atoms. The number of hydrogen-bond acceptors (Lipinski definition) is 2.